The SMILES string of the molecule is COc1cc2ccnc(C(C)O)c2c(OC)c1OC. The molecule has 1 unspecified atom stereocenters. The van der Waals surface area contributed by atoms with Gasteiger partial charge in [-0.15, -0.1) is 0 Å². The van der Waals surface area contributed by atoms with Gasteiger partial charge in [-0.1, -0.05) is 0 Å². The van der Waals surface area contributed by atoms with E-state index in [-0.39, 0.29) is 0 Å². The van der Waals surface area contributed by atoms with Crippen LogP contribution in [-0.4, -0.2) is 31.4 Å². The van der Waals surface area contributed by atoms with Crippen LogP contribution in [0, 0.1) is 0 Å². The normalized spacial score (nSPS) is 12.3. The van der Waals surface area contributed by atoms with E-state index >= 15 is 0 Å². The molecule has 1 heterocycles. The molecule has 1 N–H and O–H groups in total. The molecule has 1 atom stereocenters. The average molecular weight is 263 g/mol. The van der Waals surface area contributed by atoms with Crippen LogP contribution in [0.5, 0.6) is 17.2 Å². The Morgan fingerprint density at radius 2 is 1.79 bits per heavy atom. The molecular weight excluding hydrogens is 246 g/mol. The predicted molar refractivity (Wildman–Crippen MR) is 72.0 cm³/mol. The Bertz CT molecular complexity index is 596. The fourth-order valence-electron chi connectivity index (χ4n) is 2.15. The van der Waals surface area contributed by atoms with E-state index in [0.717, 1.165) is 10.8 Å². The lowest BCUT2D eigenvalue weighted by Crippen LogP contribution is -2.01. The molecule has 2 rings (SSSR count). The van der Waals surface area contributed by atoms with Crippen molar-refractivity contribution in [2.45, 2.75) is 13.0 Å². The van der Waals surface area contributed by atoms with E-state index in [9.17, 15) is 5.11 Å². The number of hydrogen-bond donors (Lipinski definition) is 1. The molecule has 2 aromatic rings. The number of aliphatic hydroxyl groups excluding tert-OH is 1. The fraction of sp³-hybridized carbons (Fsp3) is 0.357. The minimum absolute atomic E-state index is 0.493. The van der Waals surface area contributed by atoms with E-state index in [1.165, 1.54) is 0 Å². The maximum Gasteiger partial charge on any atom is 0.204 e. The first kappa shape index (κ1) is 13.4. The van der Waals surface area contributed by atoms with Gasteiger partial charge in [0.2, 0.25) is 5.75 Å². The first-order valence-electron chi connectivity index (χ1n) is 5.89. The number of ether oxygens (including phenoxy) is 3. The Morgan fingerprint density at radius 1 is 1.11 bits per heavy atom. The molecule has 0 amide bonds. The van der Waals surface area contributed by atoms with Crippen molar-refractivity contribution in [1.82, 2.24) is 4.98 Å². The van der Waals surface area contributed by atoms with Crippen LogP contribution in [0.4, 0.5) is 0 Å². The quantitative estimate of drug-likeness (QED) is 0.917. The largest absolute Gasteiger partial charge is 0.493 e. The van der Waals surface area contributed by atoms with E-state index in [1.807, 2.05) is 12.1 Å². The Morgan fingerprint density at radius 3 is 2.32 bits per heavy atom. The second-order valence-corrected chi connectivity index (χ2v) is 4.12. The summed E-state index contributed by atoms with van der Waals surface area (Å²) in [6, 6.07) is 3.68. The lowest BCUT2D eigenvalue weighted by Gasteiger charge is -2.17. The molecule has 0 aliphatic rings. The molecule has 0 spiro atoms. The molecule has 0 saturated heterocycles. The van der Waals surface area contributed by atoms with E-state index in [0.29, 0.717) is 22.9 Å². The van der Waals surface area contributed by atoms with Crippen molar-refractivity contribution in [2.75, 3.05) is 21.3 Å². The van der Waals surface area contributed by atoms with Crippen molar-refractivity contribution in [3.05, 3.63) is 24.0 Å². The number of hydrogen-bond acceptors (Lipinski definition) is 5. The molecular formula is C14H17NO4. The molecule has 5 nitrogen and oxygen atoms in total. The summed E-state index contributed by atoms with van der Waals surface area (Å²) in [5.41, 5.74) is 0.551. The highest BCUT2D eigenvalue weighted by Gasteiger charge is 2.20. The molecule has 5 heteroatoms. The summed E-state index contributed by atoms with van der Waals surface area (Å²) in [6.45, 7) is 1.66. The van der Waals surface area contributed by atoms with Crippen molar-refractivity contribution in [1.29, 1.82) is 0 Å². The minimum Gasteiger partial charge on any atom is -0.493 e. The Balaban J connectivity index is 2.90. The molecule has 19 heavy (non-hydrogen) atoms. The van der Waals surface area contributed by atoms with Gasteiger partial charge >= 0.3 is 0 Å². The first-order chi connectivity index (χ1) is 9.13. The third-order valence-corrected chi connectivity index (χ3v) is 2.98. The number of pyridine rings is 1. The third kappa shape index (κ3) is 2.17. The van der Waals surface area contributed by atoms with Crippen LogP contribution in [0.3, 0.4) is 0 Å². The van der Waals surface area contributed by atoms with Crippen molar-refractivity contribution in [3.8, 4) is 17.2 Å². The lowest BCUT2D eigenvalue weighted by molar-refractivity contribution is 0.195. The number of rotatable bonds is 4. The van der Waals surface area contributed by atoms with Crippen molar-refractivity contribution >= 4 is 10.8 Å². The number of aromatic nitrogens is 1. The zero-order valence-corrected chi connectivity index (χ0v) is 11.4. The third-order valence-electron chi connectivity index (χ3n) is 2.98. The number of nitrogens with zero attached hydrogens (tertiary/aromatic N) is 1. The molecule has 1 aromatic carbocycles. The van der Waals surface area contributed by atoms with Gasteiger partial charge in [0, 0.05) is 6.20 Å². The van der Waals surface area contributed by atoms with Crippen LogP contribution in [0.2, 0.25) is 0 Å². The summed E-state index contributed by atoms with van der Waals surface area (Å²) >= 11 is 0. The Hall–Kier alpha value is -2.01. The van der Waals surface area contributed by atoms with Crippen LogP contribution in [-0.2, 0) is 0 Å². The van der Waals surface area contributed by atoms with Gasteiger partial charge in [0.05, 0.1) is 38.5 Å². The van der Waals surface area contributed by atoms with Gasteiger partial charge in [0.15, 0.2) is 11.5 Å². The van der Waals surface area contributed by atoms with E-state index in [2.05, 4.69) is 4.98 Å². The van der Waals surface area contributed by atoms with E-state index in [4.69, 9.17) is 14.2 Å². The molecule has 0 bridgehead atoms. The number of fused-ring (bicyclic) bond motifs is 1. The number of aliphatic hydroxyl groups is 1. The van der Waals surface area contributed by atoms with Gasteiger partial charge in [-0.05, 0) is 24.4 Å². The molecule has 0 aliphatic heterocycles. The number of methoxy groups -OCH3 is 3. The first-order valence-corrected chi connectivity index (χ1v) is 5.89. The molecule has 102 valence electrons. The van der Waals surface area contributed by atoms with E-state index in [1.54, 1.807) is 34.4 Å². The Labute approximate surface area is 111 Å². The molecule has 0 fully saturated rings. The highest BCUT2D eigenvalue weighted by Crippen LogP contribution is 2.44. The zero-order valence-electron chi connectivity index (χ0n) is 11.4. The van der Waals surface area contributed by atoms with Crippen LogP contribution in [0.25, 0.3) is 10.8 Å². The zero-order chi connectivity index (χ0) is 14.0. The average Bonchev–Trinajstić information content (AvgIpc) is 2.43. The van der Waals surface area contributed by atoms with Crippen LogP contribution < -0.4 is 14.2 Å². The summed E-state index contributed by atoms with van der Waals surface area (Å²) in [7, 11) is 4.67. The monoisotopic (exact) mass is 263 g/mol. The summed E-state index contributed by atoms with van der Waals surface area (Å²) in [6.07, 6.45) is 0.950. The van der Waals surface area contributed by atoms with E-state index < -0.39 is 6.10 Å². The van der Waals surface area contributed by atoms with Gasteiger partial charge in [-0.3, -0.25) is 4.98 Å². The van der Waals surface area contributed by atoms with Crippen LogP contribution >= 0.6 is 0 Å². The smallest absolute Gasteiger partial charge is 0.204 e. The van der Waals surface area contributed by atoms with Crippen molar-refractivity contribution in [2.24, 2.45) is 0 Å². The summed E-state index contributed by atoms with van der Waals surface area (Å²) in [5, 5.41) is 11.5. The molecule has 1 aromatic heterocycles. The van der Waals surface area contributed by atoms with Gasteiger partial charge in [-0.2, -0.15) is 0 Å². The highest BCUT2D eigenvalue weighted by molar-refractivity contribution is 5.94. The molecule has 0 aliphatic carbocycles. The van der Waals surface area contributed by atoms with Crippen LogP contribution in [0.1, 0.15) is 18.7 Å². The second-order valence-electron chi connectivity index (χ2n) is 4.12. The highest BCUT2D eigenvalue weighted by atomic mass is 16.5. The van der Waals surface area contributed by atoms with Gasteiger partial charge in [-0.25, -0.2) is 0 Å². The number of benzene rings is 1. The van der Waals surface area contributed by atoms with Gasteiger partial charge in [0.25, 0.3) is 0 Å². The predicted octanol–water partition coefficient (Wildman–Crippen LogP) is 2.31. The Kier molecular flexibility index (Phi) is 3.76. The van der Waals surface area contributed by atoms with Gasteiger partial charge in [0.1, 0.15) is 0 Å². The fourth-order valence-corrected chi connectivity index (χ4v) is 2.15. The topological polar surface area (TPSA) is 60.8 Å². The molecule has 0 saturated carbocycles. The summed E-state index contributed by atoms with van der Waals surface area (Å²) in [5.74, 6) is 1.59. The minimum atomic E-state index is -0.698. The van der Waals surface area contributed by atoms with Crippen molar-refractivity contribution in [3.63, 3.8) is 0 Å². The second kappa shape index (κ2) is 5.32. The van der Waals surface area contributed by atoms with Crippen LogP contribution in [0.15, 0.2) is 18.3 Å². The molecule has 0 radical (unpaired) electrons. The summed E-state index contributed by atoms with van der Waals surface area (Å²) in [4.78, 5) is 4.22. The lowest BCUT2D eigenvalue weighted by atomic mass is 10.0. The van der Waals surface area contributed by atoms with Gasteiger partial charge < -0.3 is 19.3 Å². The maximum atomic E-state index is 9.84. The standard InChI is InChI=1S/C14H17NO4/c1-8(16)12-11-9(5-6-15-12)7-10(17-2)13(18-3)14(11)19-4/h5-8,16H,1-4H3. The maximum absolute atomic E-state index is 9.84. The van der Waals surface area contributed by atoms with Crippen molar-refractivity contribution < 1.29 is 19.3 Å². The summed E-state index contributed by atoms with van der Waals surface area (Å²) < 4.78 is 16.1.